The van der Waals surface area contributed by atoms with Crippen LogP contribution in [0.3, 0.4) is 0 Å². The summed E-state index contributed by atoms with van der Waals surface area (Å²) < 4.78 is 77.6. The van der Waals surface area contributed by atoms with E-state index >= 15 is 0 Å². The minimum absolute atomic E-state index is 0.0280. The number of rotatable bonds is 1. The van der Waals surface area contributed by atoms with Gasteiger partial charge in [0, 0.05) is 17.9 Å². The molecular formula is C17H12F6O. The van der Waals surface area contributed by atoms with Crippen LogP contribution in [0.1, 0.15) is 41.9 Å². The van der Waals surface area contributed by atoms with Crippen molar-refractivity contribution in [3.8, 4) is 0 Å². The summed E-state index contributed by atoms with van der Waals surface area (Å²) in [5.41, 5.74) is -1.32. The van der Waals surface area contributed by atoms with Gasteiger partial charge >= 0.3 is 12.4 Å². The number of ketones is 1. The Labute approximate surface area is 133 Å². The maximum Gasteiger partial charge on any atom is 0.416 e. The van der Waals surface area contributed by atoms with E-state index in [0.29, 0.717) is 18.4 Å². The molecule has 0 saturated carbocycles. The molecule has 1 nitrogen and oxygen atoms in total. The number of alkyl halides is 6. The van der Waals surface area contributed by atoms with Gasteiger partial charge in [-0.1, -0.05) is 17.7 Å². The van der Waals surface area contributed by atoms with Crippen LogP contribution in [0.5, 0.6) is 0 Å². The number of allylic oxidation sites excluding steroid dienone is 4. The summed E-state index contributed by atoms with van der Waals surface area (Å²) in [5, 5.41) is 0. The zero-order chi connectivity index (χ0) is 17.7. The molecule has 0 aromatic heterocycles. The zero-order valence-electron chi connectivity index (χ0n) is 12.3. The van der Waals surface area contributed by atoms with Crippen LogP contribution >= 0.6 is 0 Å². The van der Waals surface area contributed by atoms with Gasteiger partial charge in [-0.15, -0.1) is 0 Å². The molecule has 1 atom stereocenters. The number of hydrogen-bond donors (Lipinski definition) is 0. The summed E-state index contributed by atoms with van der Waals surface area (Å²) in [6.45, 7) is 0. The second-order valence-electron chi connectivity index (χ2n) is 5.95. The molecule has 1 aromatic carbocycles. The topological polar surface area (TPSA) is 17.1 Å². The summed E-state index contributed by atoms with van der Waals surface area (Å²) in [5.74, 6) is -0.627. The second kappa shape index (κ2) is 5.50. The van der Waals surface area contributed by atoms with E-state index in [1.807, 2.05) is 0 Å². The fourth-order valence-electron chi connectivity index (χ4n) is 3.12. The number of halogens is 6. The standard InChI is InChI=1S/C17H12F6O/c18-16(19,20)12-6-11(7-13(8-12)17(21,22)23)9-1-3-14-10(5-9)2-4-15(14)24/h1,3,6-9H,2,4-5H2. The summed E-state index contributed by atoms with van der Waals surface area (Å²) in [4.78, 5) is 11.6. The molecule has 0 saturated heterocycles. The normalized spacial score (nSPS) is 21.4. The summed E-state index contributed by atoms with van der Waals surface area (Å²) in [6, 6.07) is 1.64. The Kier molecular flexibility index (Phi) is 3.85. The van der Waals surface area contributed by atoms with Gasteiger partial charge in [-0.25, -0.2) is 0 Å². The molecule has 0 fully saturated rings. The highest BCUT2D eigenvalue weighted by Crippen LogP contribution is 2.42. The van der Waals surface area contributed by atoms with Crippen LogP contribution in [0.2, 0.25) is 0 Å². The quantitative estimate of drug-likeness (QED) is 0.620. The first-order chi connectivity index (χ1) is 11.1. The van der Waals surface area contributed by atoms with Crippen LogP contribution in [0.25, 0.3) is 0 Å². The van der Waals surface area contributed by atoms with Crippen LogP contribution in [0.15, 0.2) is 41.5 Å². The van der Waals surface area contributed by atoms with Gasteiger partial charge in [-0.05, 0) is 36.6 Å². The number of hydrogen-bond acceptors (Lipinski definition) is 1. The lowest BCUT2D eigenvalue weighted by Gasteiger charge is -2.21. The molecule has 7 heteroatoms. The Balaban J connectivity index is 2.01. The minimum Gasteiger partial charge on any atom is -0.294 e. The predicted octanol–water partition coefficient (Wildman–Crippen LogP) is 5.43. The van der Waals surface area contributed by atoms with Crippen molar-refractivity contribution < 1.29 is 31.1 Å². The fourth-order valence-corrected chi connectivity index (χ4v) is 3.12. The lowest BCUT2D eigenvalue weighted by molar-refractivity contribution is -0.143. The first kappa shape index (κ1) is 16.8. The Morgan fingerprint density at radius 1 is 0.875 bits per heavy atom. The molecule has 2 aliphatic carbocycles. The van der Waals surface area contributed by atoms with Crippen LogP contribution in [0.4, 0.5) is 26.3 Å². The number of benzene rings is 1. The van der Waals surface area contributed by atoms with Crippen molar-refractivity contribution >= 4 is 5.78 Å². The zero-order valence-corrected chi connectivity index (χ0v) is 12.3. The maximum atomic E-state index is 12.9. The molecule has 0 aliphatic heterocycles. The van der Waals surface area contributed by atoms with Crippen molar-refractivity contribution in [2.24, 2.45) is 0 Å². The third-order valence-corrected chi connectivity index (χ3v) is 4.33. The highest BCUT2D eigenvalue weighted by Gasteiger charge is 2.38. The van der Waals surface area contributed by atoms with Crippen molar-refractivity contribution in [3.63, 3.8) is 0 Å². The monoisotopic (exact) mass is 346 g/mol. The van der Waals surface area contributed by atoms with E-state index < -0.39 is 29.4 Å². The summed E-state index contributed by atoms with van der Waals surface area (Å²) in [7, 11) is 0. The molecule has 128 valence electrons. The second-order valence-corrected chi connectivity index (χ2v) is 5.95. The lowest BCUT2D eigenvalue weighted by atomic mass is 9.84. The molecule has 0 radical (unpaired) electrons. The Morgan fingerprint density at radius 2 is 1.46 bits per heavy atom. The van der Waals surface area contributed by atoms with Crippen molar-refractivity contribution in [1.29, 1.82) is 0 Å². The number of carbonyl (C=O) groups excluding carboxylic acids is 1. The first-order valence-corrected chi connectivity index (χ1v) is 7.28. The highest BCUT2D eigenvalue weighted by atomic mass is 19.4. The van der Waals surface area contributed by atoms with E-state index in [9.17, 15) is 31.1 Å². The van der Waals surface area contributed by atoms with Gasteiger partial charge in [0.05, 0.1) is 11.1 Å². The predicted molar refractivity (Wildman–Crippen MR) is 74.2 cm³/mol. The summed E-state index contributed by atoms with van der Waals surface area (Å²) >= 11 is 0. The highest BCUT2D eigenvalue weighted by molar-refractivity contribution is 6.01. The molecule has 0 spiro atoms. The van der Waals surface area contributed by atoms with E-state index in [-0.39, 0.29) is 23.8 Å². The van der Waals surface area contributed by atoms with E-state index in [0.717, 1.165) is 17.7 Å². The number of Topliss-reactive ketones (excluding diaryl/α,β-unsaturated/α-hetero) is 1. The lowest BCUT2D eigenvalue weighted by Crippen LogP contribution is -2.13. The Bertz CT molecular complexity index is 719. The van der Waals surface area contributed by atoms with Crippen LogP contribution in [-0.2, 0) is 17.1 Å². The SMILES string of the molecule is O=C1CCC2=C1C=CC(c1cc(C(F)(F)F)cc(C(F)(F)F)c1)C2. The van der Waals surface area contributed by atoms with E-state index in [1.165, 1.54) is 12.2 Å². The van der Waals surface area contributed by atoms with Gasteiger partial charge in [0.25, 0.3) is 0 Å². The van der Waals surface area contributed by atoms with Gasteiger partial charge in [0.15, 0.2) is 5.78 Å². The van der Waals surface area contributed by atoms with Gasteiger partial charge in [0.1, 0.15) is 0 Å². The molecule has 0 N–H and O–H groups in total. The van der Waals surface area contributed by atoms with Crippen LogP contribution in [0, 0.1) is 0 Å². The van der Waals surface area contributed by atoms with Crippen molar-refractivity contribution in [1.82, 2.24) is 0 Å². The third kappa shape index (κ3) is 3.12. The molecule has 2 aliphatic rings. The molecule has 24 heavy (non-hydrogen) atoms. The largest absolute Gasteiger partial charge is 0.416 e. The van der Waals surface area contributed by atoms with Crippen molar-refractivity contribution in [3.05, 3.63) is 58.2 Å². The average molecular weight is 346 g/mol. The number of carbonyl (C=O) groups is 1. The van der Waals surface area contributed by atoms with Crippen molar-refractivity contribution in [2.45, 2.75) is 37.5 Å². The Morgan fingerprint density at radius 3 is 2.00 bits per heavy atom. The van der Waals surface area contributed by atoms with Gasteiger partial charge in [-0.3, -0.25) is 4.79 Å². The molecule has 1 unspecified atom stereocenters. The molecule has 0 heterocycles. The summed E-state index contributed by atoms with van der Waals surface area (Å²) in [6.07, 6.45) is -5.55. The van der Waals surface area contributed by atoms with E-state index in [2.05, 4.69) is 0 Å². The maximum absolute atomic E-state index is 12.9. The van der Waals surface area contributed by atoms with Gasteiger partial charge in [0.2, 0.25) is 0 Å². The third-order valence-electron chi connectivity index (χ3n) is 4.33. The van der Waals surface area contributed by atoms with Crippen molar-refractivity contribution in [2.75, 3.05) is 0 Å². The molecule has 1 aromatic rings. The van der Waals surface area contributed by atoms with Crippen LogP contribution in [-0.4, -0.2) is 5.78 Å². The molecule has 0 bridgehead atoms. The van der Waals surface area contributed by atoms with Gasteiger partial charge < -0.3 is 0 Å². The fraction of sp³-hybridized carbons (Fsp3) is 0.353. The van der Waals surface area contributed by atoms with E-state index in [1.54, 1.807) is 0 Å². The van der Waals surface area contributed by atoms with E-state index in [4.69, 9.17) is 0 Å². The average Bonchev–Trinajstić information content (AvgIpc) is 2.86. The first-order valence-electron chi connectivity index (χ1n) is 7.28. The Hall–Kier alpha value is -2.05. The smallest absolute Gasteiger partial charge is 0.294 e. The van der Waals surface area contributed by atoms with Gasteiger partial charge in [-0.2, -0.15) is 26.3 Å². The molecule has 0 amide bonds. The van der Waals surface area contributed by atoms with Crippen LogP contribution < -0.4 is 0 Å². The molecule has 3 rings (SSSR count). The molecular weight excluding hydrogens is 334 g/mol. The minimum atomic E-state index is -4.86.